The average molecular weight is 368 g/mol. The number of ether oxygens (including phenoxy) is 1. The van der Waals surface area contributed by atoms with E-state index in [0.717, 1.165) is 11.0 Å². The van der Waals surface area contributed by atoms with E-state index >= 15 is 0 Å². The standard InChI is InChI=1S/C18H16N4O5/c23-18(15-5-6-17(27-15)22(24)25)21-9-7-12(8-10-21)26-16-11-19-13-3-1-2-4-14(13)20-16/h1-6,11-12H,7-10H2. The van der Waals surface area contributed by atoms with Gasteiger partial charge in [0.2, 0.25) is 5.88 Å². The maximum atomic E-state index is 12.4. The van der Waals surface area contributed by atoms with Gasteiger partial charge in [-0.25, -0.2) is 9.97 Å². The fourth-order valence-corrected chi connectivity index (χ4v) is 3.04. The summed E-state index contributed by atoms with van der Waals surface area (Å²) >= 11 is 0. The highest BCUT2D eigenvalue weighted by atomic mass is 16.6. The highest BCUT2D eigenvalue weighted by Gasteiger charge is 2.28. The van der Waals surface area contributed by atoms with Crippen molar-refractivity contribution in [3.05, 3.63) is 58.5 Å². The van der Waals surface area contributed by atoms with Gasteiger partial charge in [-0.2, -0.15) is 0 Å². The quantitative estimate of drug-likeness (QED) is 0.514. The van der Waals surface area contributed by atoms with Crippen LogP contribution in [0, 0.1) is 10.1 Å². The van der Waals surface area contributed by atoms with Crippen LogP contribution in [-0.2, 0) is 0 Å². The van der Waals surface area contributed by atoms with Gasteiger partial charge in [-0.05, 0) is 18.2 Å². The molecule has 138 valence electrons. The average Bonchev–Trinajstić information content (AvgIpc) is 3.18. The molecule has 0 spiro atoms. The number of benzene rings is 1. The number of rotatable bonds is 4. The lowest BCUT2D eigenvalue weighted by Gasteiger charge is -2.31. The zero-order valence-electron chi connectivity index (χ0n) is 14.3. The molecule has 9 nitrogen and oxygen atoms in total. The second kappa shape index (κ2) is 7.02. The van der Waals surface area contributed by atoms with Crippen LogP contribution in [0.15, 0.2) is 47.0 Å². The predicted octanol–water partition coefficient (Wildman–Crippen LogP) is 2.81. The van der Waals surface area contributed by atoms with Crippen molar-refractivity contribution in [2.75, 3.05) is 13.1 Å². The Kier molecular flexibility index (Phi) is 4.41. The Morgan fingerprint density at radius 2 is 1.93 bits per heavy atom. The Hall–Kier alpha value is -3.49. The molecule has 9 heteroatoms. The minimum Gasteiger partial charge on any atom is -0.473 e. The van der Waals surface area contributed by atoms with Crippen molar-refractivity contribution >= 4 is 22.8 Å². The molecule has 1 fully saturated rings. The van der Waals surface area contributed by atoms with Crippen molar-refractivity contribution in [1.82, 2.24) is 14.9 Å². The van der Waals surface area contributed by atoms with Gasteiger partial charge in [0, 0.05) is 25.9 Å². The molecule has 1 aromatic carbocycles. The molecule has 0 saturated carbocycles. The minimum absolute atomic E-state index is 0.0264. The topological polar surface area (TPSA) is 112 Å². The Labute approximate surface area is 153 Å². The molecule has 1 amide bonds. The van der Waals surface area contributed by atoms with Gasteiger partial charge in [-0.3, -0.25) is 14.9 Å². The van der Waals surface area contributed by atoms with Crippen LogP contribution in [-0.4, -0.2) is 44.9 Å². The summed E-state index contributed by atoms with van der Waals surface area (Å²) in [5.74, 6) is -0.361. The van der Waals surface area contributed by atoms with Gasteiger partial charge in [0.15, 0.2) is 5.76 Å². The van der Waals surface area contributed by atoms with E-state index in [0.29, 0.717) is 31.8 Å². The molecule has 1 saturated heterocycles. The lowest BCUT2D eigenvalue weighted by Crippen LogP contribution is -2.41. The maximum absolute atomic E-state index is 12.4. The van der Waals surface area contributed by atoms with Gasteiger partial charge in [-0.15, -0.1) is 0 Å². The van der Waals surface area contributed by atoms with Crippen molar-refractivity contribution in [3.63, 3.8) is 0 Å². The minimum atomic E-state index is -0.665. The Bertz CT molecular complexity index is 994. The number of amides is 1. The van der Waals surface area contributed by atoms with Crippen LogP contribution in [0.5, 0.6) is 5.88 Å². The lowest BCUT2D eigenvalue weighted by atomic mass is 10.1. The smallest absolute Gasteiger partial charge is 0.433 e. The molecule has 3 heterocycles. The van der Waals surface area contributed by atoms with Crippen LogP contribution in [0.3, 0.4) is 0 Å². The van der Waals surface area contributed by atoms with E-state index < -0.39 is 10.8 Å². The first-order valence-corrected chi connectivity index (χ1v) is 8.52. The van der Waals surface area contributed by atoms with Crippen molar-refractivity contribution in [2.45, 2.75) is 18.9 Å². The van der Waals surface area contributed by atoms with E-state index in [4.69, 9.17) is 9.15 Å². The second-order valence-electron chi connectivity index (χ2n) is 6.20. The van der Waals surface area contributed by atoms with Crippen LogP contribution in [0.25, 0.3) is 11.0 Å². The number of para-hydroxylation sites is 2. The first-order chi connectivity index (χ1) is 13.1. The number of aromatic nitrogens is 2. The number of carbonyl (C=O) groups excluding carboxylic acids is 1. The molecule has 0 aliphatic carbocycles. The van der Waals surface area contributed by atoms with Gasteiger partial charge >= 0.3 is 5.88 Å². The number of nitro groups is 1. The summed E-state index contributed by atoms with van der Waals surface area (Å²) in [7, 11) is 0. The molecule has 27 heavy (non-hydrogen) atoms. The summed E-state index contributed by atoms with van der Waals surface area (Å²) in [6, 6.07) is 10.1. The van der Waals surface area contributed by atoms with Crippen molar-refractivity contribution in [3.8, 4) is 5.88 Å². The van der Waals surface area contributed by atoms with Crippen molar-refractivity contribution in [1.29, 1.82) is 0 Å². The number of carbonyl (C=O) groups is 1. The van der Waals surface area contributed by atoms with Gasteiger partial charge in [0.25, 0.3) is 5.91 Å². The Balaban J connectivity index is 1.36. The third-order valence-electron chi connectivity index (χ3n) is 4.43. The highest BCUT2D eigenvalue weighted by Crippen LogP contribution is 2.22. The molecule has 4 rings (SSSR count). The number of nitrogens with zero attached hydrogens (tertiary/aromatic N) is 4. The molecule has 1 aliphatic heterocycles. The van der Waals surface area contributed by atoms with E-state index in [9.17, 15) is 14.9 Å². The monoisotopic (exact) mass is 368 g/mol. The summed E-state index contributed by atoms with van der Waals surface area (Å²) in [6.45, 7) is 0.942. The molecule has 0 bridgehead atoms. The fraction of sp³-hybridized carbons (Fsp3) is 0.278. The Morgan fingerprint density at radius 3 is 2.63 bits per heavy atom. The summed E-state index contributed by atoms with van der Waals surface area (Å²) < 4.78 is 10.9. The molecule has 0 N–H and O–H groups in total. The third-order valence-corrected chi connectivity index (χ3v) is 4.43. The third kappa shape index (κ3) is 3.57. The summed E-state index contributed by atoms with van der Waals surface area (Å²) in [5.41, 5.74) is 1.57. The van der Waals surface area contributed by atoms with Crippen LogP contribution in [0.4, 0.5) is 5.88 Å². The molecule has 0 atom stereocenters. The first-order valence-electron chi connectivity index (χ1n) is 8.52. The molecule has 1 aliphatic rings. The molecule has 0 unspecified atom stereocenters. The molecular weight excluding hydrogens is 352 g/mol. The first kappa shape index (κ1) is 17.0. The predicted molar refractivity (Wildman–Crippen MR) is 94.5 cm³/mol. The van der Waals surface area contributed by atoms with E-state index in [2.05, 4.69) is 9.97 Å². The van der Waals surface area contributed by atoms with Crippen molar-refractivity contribution in [2.24, 2.45) is 0 Å². The second-order valence-corrected chi connectivity index (χ2v) is 6.20. The van der Waals surface area contributed by atoms with E-state index in [1.54, 1.807) is 11.1 Å². The number of likely N-dealkylation sites (tertiary alicyclic amines) is 1. The zero-order valence-corrected chi connectivity index (χ0v) is 14.3. The molecule has 2 aromatic heterocycles. The highest BCUT2D eigenvalue weighted by molar-refractivity contribution is 5.91. The number of furan rings is 1. The van der Waals surface area contributed by atoms with E-state index in [1.165, 1.54) is 12.1 Å². The van der Waals surface area contributed by atoms with E-state index in [-0.39, 0.29) is 17.8 Å². The molecular formula is C18H16N4O5. The molecule has 0 radical (unpaired) electrons. The van der Waals surface area contributed by atoms with Gasteiger partial charge in [-0.1, -0.05) is 12.1 Å². The SMILES string of the molecule is O=C(c1ccc([N+](=O)[O-])o1)N1CCC(Oc2cnc3ccccc3n2)CC1. The summed E-state index contributed by atoms with van der Waals surface area (Å²) in [5, 5.41) is 10.7. The number of piperidine rings is 1. The van der Waals surface area contributed by atoms with Crippen molar-refractivity contribution < 1.29 is 18.9 Å². The number of fused-ring (bicyclic) bond motifs is 1. The van der Waals surface area contributed by atoms with E-state index in [1.807, 2.05) is 24.3 Å². The van der Waals surface area contributed by atoms with Gasteiger partial charge in [0.1, 0.15) is 11.0 Å². The lowest BCUT2D eigenvalue weighted by molar-refractivity contribution is -0.402. The van der Waals surface area contributed by atoms with Crippen LogP contribution in [0.2, 0.25) is 0 Å². The van der Waals surface area contributed by atoms with Crippen LogP contribution >= 0.6 is 0 Å². The number of hydrogen-bond acceptors (Lipinski definition) is 7. The zero-order chi connectivity index (χ0) is 18.8. The van der Waals surface area contributed by atoms with Crippen LogP contribution < -0.4 is 4.74 Å². The van der Waals surface area contributed by atoms with Gasteiger partial charge in [0.05, 0.1) is 23.3 Å². The maximum Gasteiger partial charge on any atom is 0.433 e. The normalized spacial score (nSPS) is 15.0. The number of hydrogen-bond donors (Lipinski definition) is 0. The summed E-state index contributed by atoms with van der Waals surface area (Å²) in [6.07, 6.45) is 2.78. The largest absolute Gasteiger partial charge is 0.473 e. The fourth-order valence-electron chi connectivity index (χ4n) is 3.04. The molecule has 3 aromatic rings. The Morgan fingerprint density at radius 1 is 1.19 bits per heavy atom. The van der Waals surface area contributed by atoms with Crippen LogP contribution in [0.1, 0.15) is 23.4 Å². The van der Waals surface area contributed by atoms with Gasteiger partial charge < -0.3 is 14.1 Å². The summed E-state index contributed by atoms with van der Waals surface area (Å²) in [4.78, 5) is 32.8.